The van der Waals surface area contributed by atoms with E-state index in [0.29, 0.717) is 25.9 Å². The van der Waals surface area contributed by atoms with E-state index in [4.69, 9.17) is 0 Å². The first-order chi connectivity index (χ1) is 13.8. The molecule has 1 atom stereocenters. The van der Waals surface area contributed by atoms with Gasteiger partial charge in [-0.3, -0.25) is 14.6 Å². The van der Waals surface area contributed by atoms with Gasteiger partial charge < -0.3 is 10.2 Å². The zero-order valence-electron chi connectivity index (χ0n) is 17.8. The molecule has 1 unspecified atom stereocenters. The van der Waals surface area contributed by atoms with E-state index in [1.165, 1.54) is 0 Å². The number of aryl methyl sites for hydroxylation is 1. The van der Waals surface area contributed by atoms with Crippen LogP contribution in [0.3, 0.4) is 0 Å². The molecule has 0 aliphatic carbocycles. The molecule has 1 aliphatic rings. The monoisotopic (exact) mass is 393 g/mol. The van der Waals surface area contributed by atoms with Crippen LogP contribution in [0.5, 0.6) is 0 Å². The summed E-state index contributed by atoms with van der Waals surface area (Å²) in [5.41, 5.74) is 2.62. The van der Waals surface area contributed by atoms with E-state index in [1.54, 1.807) is 6.20 Å². The molecule has 0 bridgehead atoms. The van der Waals surface area contributed by atoms with Crippen LogP contribution in [0.2, 0.25) is 0 Å². The van der Waals surface area contributed by atoms with Crippen LogP contribution in [0.1, 0.15) is 56.5 Å². The highest BCUT2D eigenvalue weighted by Crippen LogP contribution is 2.27. The van der Waals surface area contributed by atoms with E-state index in [1.807, 2.05) is 75.1 Å². The first kappa shape index (κ1) is 21.0. The second-order valence-electron chi connectivity index (χ2n) is 8.87. The third kappa shape index (κ3) is 5.03. The van der Waals surface area contributed by atoms with Gasteiger partial charge in [-0.1, -0.05) is 51.1 Å². The summed E-state index contributed by atoms with van der Waals surface area (Å²) in [6, 6.07) is 13.6. The molecule has 0 radical (unpaired) electrons. The Hall–Kier alpha value is -2.69. The summed E-state index contributed by atoms with van der Waals surface area (Å²) < 4.78 is 0. The standard InChI is InChI=1S/C24H31N3O2/c1-17-9-5-6-10-19(17)21(20-11-7-8-14-25-20)26-22(28)18-12-15-27(16-13-18)23(29)24(2,3)4/h5-11,14,18,21H,12-13,15-16H2,1-4H3,(H,26,28). The lowest BCUT2D eigenvalue weighted by molar-refractivity contribution is -0.142. The van der Waals surface area contributed by atoms with Crippen LogP contribution in [-0.2, 0) is 9.59 Å². The molecule has 1 fully saturated rings. The maximum atomic E-state index is 13.1. The Morgan fingerprint density at radius 1 is 1.07 bits per heavy atom. The second kappa shape index (κ2) is 8.76. The van der Waals surface area contributed by atoms with Crippen LogP contribution in [0, 0.1) is 18.3 Å². The lowest BCUT2D eigenvalue weighted by atomic mass is 9.90. The number of piperidine rings is 1. The molecule has 2 aromatic rings. The van der Waals surface area contributed by atoms with Gasteiger partial charge in [-0.25, -0.2) is 0 Å². The summed E-state index contributed by atoms with van der Waals surface area (Å²) in [5, 5.41) is 3.23. The highest BCUT2D eigenvalue weighted by Gasteiger charge is 2.33. The van der Waals surface area contributed by atoms with Gasteiger partial charge in [0.15, 0.2) is 0 Å². The summed E-state index contributed by atoms with van der Waals surface area (Å²) in [6.45, 7) is 9.13. The molecule has 0 spiro atoms. The highest BCUT2D eigenvalue weighted by molar-refractivity contribution is 5.83. The zero-order valence-corrected chi connectivity index (χ0v) is 17.8. The smallest absolute Gasteiger partial charge is 0.227 e. The molecule has 1 aromatic heterocycles. The van der Waals surface area contributed by atoms with Gasteiger partial charge in [0.1, 0.15) is 0 Å². The second-order valence-corrected chi connectivity index (χ2v) is 8.87. The SMILES string of the molecule is Cc1ccccc1C(NC(=O)C1CCN(C(=O)C(C)(C)C)CC1)c1ccccn1. The van der Waals surface area contributed by atoms with Crippen molar-refractivity contribution in [2.75, 3.05) is 13.1 Å². The first-order valence-corrected chi connectivity index (χ1v) is 10.3. The third-order valence-electron chi connectivity index (χ3n) is 5.56. The molecular formula is C24H31N3O2. The van der Waals surface area contributed by atoms with Crippen LogP contribution in [-0.4, -0.2) is 34.8 Å². The van der Waals surface area contributed by atoms with Crippen molar-refractivity contribution in [2.24, 2.45) is 11.3 Å². The quantitative estimate of drug-likeness (QED) is 0.857. The van der Waals surface area contributed by atoms with E-state index in [2.05, 4.69) is 10.3 Å². The zero-order chi connectivity index (χ0) is 21.0. The molecule has 154 valence electrons. The molecule has 5 heteroatoms. The molecule has 2 amide bonds. The van der Waals surface area contributed by atoms with Gasteiger partial charge in [0, 0.05) is 30.6 Å². The topological polar surface area (TPSA) is 62.3 Å². The molecular weight excluding hydrogens is 362 g/mol. The number of likely N-dealkylation sites (tertiary alicyclic amines) is 1. The number of rotatable bonds is 4. The van der Waals surface area contributed by atoms with E-state index in [9.17, 15) is 9.59 Å². The van der Waals surface area contributed by atoms with E-state index < -0.39 is 0 Å². The minimum Gasteiger partial charge on any atom is -0.343 e. The Morgan fingerprint density at radius 3 is 2.31 bits per heavy atom. The van der Waals surface area contributed by atoms with Gasteiger partial charge in [-0.2, -0.15) is 0 Å². The van der Waals surface area contributed by atoms with Crippen molar-refractivity contribution in [3.63, 3.8) is 0 Å². The number of aromatic nitrogens is 1. The van der Waals surface area contributed by atoms with Gasteiger partial charge in [0.05, 0.1) is 11.7 Å². The number of carbonyl (C=O) groups excluding carboxylic acids is 2. The summed E-state index contributed by atoms with van der Waals surface area (Å²) in [6.07, 6.45) is 3.14. The Kier molecular flexibility index (Phi) is 6.36. The number of nitrogens with zero attached hydrogens (tertiary/aromatic N) is 2. The molecule has 3 rings (SSSR count). The fourth-order valence-corrected chi connectivity index (χ4v) is 3.85. The number of benzene rings is 1. The minimum atomic E-state index is -0.385. The molecule has 0 saturated carbocycles. The summed E-state index contributed by atoms with van der Waals surface area (Å²) in [4.78, 5) is 32.0. The number of hydrogen-bond donors (Lipinski definition) is 1. The minimum absolute atomic E-state index is 0.0340. The van der Waals surface area contributed by atoms with Gasteiger partial charge in [-0.05, 0) is 43.0 Å². The molecule has 1 N–H and O–H groups in total. The fourth-order valence-electron chi connectivity index (χ4n) is 3.85. The van der Waals surface area contributed by atoms with Crippen molar-refractivity contribution in [3.8, 4) is 0 Å². The number of hydrogen-bond acceptors (Lipinski definition) is 3. The van der Waals surface area contributed by atoms with E-state index >= 15 is 0 Å². The van der Waals surface area contributed by atoms with Gasteiger partial charge >= 0.3 is 0 Å². The highest BCUT2D eigenvalue weighted by atomic mass is 16.2. The van der Waals surface area contributed by atoms with E-state index in [-0.39, 0.29) is 29.2 Å². The number of pyridine rings is 1. The normalized spacial score (nSPS) is 16.3. The summed E-state index contributed by atoms with van der Waals surface area (Å²) >= 11 is 0. The average Bonchev–Trinajstić information content (AvgIpc) is 2.72. The maximum Gasteiger partial charge on any atom is 0.227 e. The summed E-state index contributed by atoms with van der Waals surface area (Å²) in [5.74, 6) is 0.101. The predicted octanol–water partition coefficient (Wildman–Crippen LogP) is 3.88. The van der Waals surface area contributed by atoms with Crippen LogP contribution in [0.25, 0.3) is 0 Å². The van der Waals surface area contributed by atoms with Crippen LogP contribution >= 0.6 is 0 Å². The van der Waals surface area contributed by atoms with Crippen molar-refractivity contribution in [2.45, 2.75) is 46.6 Å². The van der Waals surface area contributed by atoms with Gasteiger partial charge in [-0.15, -0.1) is 0 Å². The molecule has 2 heterocycles. The van der Waals surface area contributed by atoms with Crippen molar-refractivity contribution in [1.29, 1.82) is 0 Å². The maximum absolute atomic E-state index is 13.1. The Morgan fingerprint density at radius 2 is 1.72 bits per heavy atom. The predicted molar refractivity (Wildman–Crippen MR) is 114 cm³/mol. The lowest BCUT2D eigenvalue weighted by Crippen LogP contribution is -2.47. The average molecular weight is 394 g/mol. The number of carbonyl (C=O) groups is 2. The number of nitrogens with one attached hydrogen (secondary N) is 1. The molecule has 1 aromatic carbocycles. The molecule has 29 heavy (non-hydrogen) atoms. The van der Waals surface area contributed by atoms with Crippen LogP contribution in [0.15, 0.2) is 48.7 Å². The summed E-state index contributed by atoms with van der Waals surface area (Å²) in [7, 11) is 0. The van der Waals surface area contributed by atoms with Crippen molar-refractivity contribution in [3.05, 3.63) is 65.5 Å². The largest absolute Gasteiger partial charge is 0.343 e. The van der Waals surface area contributed by atoms with Gasteiger partial charge in [0.25, 0.3) is 0 Å². The number of amides is 2. The Balaban J connectivity index is 1.72. The van der Waals surface area contributed by atoms with E-state index in [0.717, 1.165) is 16.8 Å². The van der Waals surface area contributed by atoms with Crippen molar-refractivity contribution < 1.29 is 9.59 Å². The van der Waals surface area contributed by atoms with Crippen LogP contribution in [0.4, 0.5) is 0 Å². The van der Waals surface area contributed by atoms with Crippen molar-refractivity contribution >= 4 is 11.8 Å². The molecule has 5 nitrogen and oxygen atoms in total. The van der Waals surface area contributed by atoms with Gasteiger partial charge in [0.2, 0.25) is 11.8 Å². The Labute approximate surface area is 173 Å². The van der Waals surface area contributed by atoms with Crippen molar-refractivity contribution in [1.82, 2.24) is 15.2 Å². The Bertz CT molecular complexity index is 850. The third-order valence-corrected chi connectivity index (χ3v) is 5.56. The van der Waals surface area contributed by atoms with Crippen LogP contribution < -0.4 is 5.32 Å². The fraction of sp³-hybridized carbons (Fsp3) is 0.458. The molecule has 1 saturated heterocycles. The molecule has 1 aliphatic heterocycles. The lowest BCUT2D eigenvalue weighted by Gasteiger charge is -2.35. The first-order valence-electron chi connectivity index (χ1n) is 10.3.